The van der Waals surface area contributed by atoms with Crippen LogP contribution in [0.3, 0.4) is 0 Å². The Balaban J connectivity index is 2.55. The molecule has 0 fully saturated rings. The molecular weight excluding hydrogens is 204 g/mol. The number of ether oxygens (including phenoxy) is 1. The summed E-state index contributed by atoms with van der Waals surface area (Å²) in [7, 11) is 1.71. The number of hydrogen-bond donors (Lipinski definition) is 2. The minimum absolute atomic E-state index is 0.761. The Morgan fingerprint density at radius 1 is 1.25 bits per heavy atom. The fourth-order valence-corrected chi connectivity index (χ4v) is 1.40. The smallest absolute Gasteiger partial charge is 0.134 e. The van der Waals surface area contributed by atoms with Gasteiger partial charge >= 0.3 is 0 Å². The zero-order valence-electron chi connectivity index (χ0n) is 10.2. The maximum Gasteiger partial charge on any atom is 0.134 e. The van der Waals surface area contributed by atoms with Crippen LogP contribution in [0.2, 0.25) is 0 Å². The van der Waals surface area contributed by atoms with Gasteiger partial charge in [0, 0.05) is 32.4 Å². The molecule has 16 heavy (non-hydrogen) atoms. The lowest BCUT2D eigenvalue weighted by Crippen LogP contribution is -2.10. The molecule has 5 nitrogen and oxygen atoms in total. The van der Waals surface area contributed by atoms with Gasteiger partial charge < -0.3 is 15.4 Å². The van der Waals surface area contributed by atoms with Crippen molar-refractivity contribution < 1.29 is 4.74 Å². The van der Waals surface area contributed by atoms with Crippen LogP contribution in [-0.4, -0.2) is 36.8 Å². The first kappa shape index (κ1) is 12.7. The van der Waals surface area contributed by atoms with Crippen molar-refractivity contribution in [2.45, 2.75) is 20.3 Å². The molecule has 1 aromatic rings. The summed E-state index contributed by atoms with van der Waals surface area (Å²) in [5.41, 5.74) is 1.06. The van der Waals surface area contributed by atoms with E-state index in [9.17, 15) is 0 Å². The van der Waals surface area contributed by atoms with Gasteiger partial charge in [-0.3, -0.25) is 0 Å². The zero-order chi connectivity index (χ0) is 11.8. The zero-order valence-corrected chi connectivity index (χ0v) is 10.2. The second kappa shape index (κ2) is 7.00. The fourth-order valence-electron chi connectivity index (χ4n) is 1.40. The van der Waals surface area contributed by atoms with Gasteiger partial charge in [-0.15, -0.1) is 0 Å². The van der Waals surface area contributed by atoms with Crippen molar-refractivity contribution >= 4 is 11.6 Å². The van der Waals surface area contributed by atoms with Crippen LogP contribution < -0.4 is 10.6 Å². The monoisotopic (exact) mass is 224 g/mol. The maximum absolute atomic E-state index is 4.99. The van der Waals surface area contributed by atoms with E-state index in [1.165, 1.54) is 0 Å². The Morgan fingerprint density at radius 3 is 2.56 bits per heavy atom. The molecule has 0 spiro atoms. The molecule has 2 N–H and O–H groups in total. The van der Waals surface area contributed by atoms with Crippen LogP contribution in [0.15, 0.2) is 6.33 Å². The van der Waals surface area contributed by atoms with Gasteiger partial charge in [-0.05, 0) is 20.3 Å². The molecule has 1 aromatic heterocycles. The van der Waals surface area contributed by atoms with Crippen molar-refractivity contribution in [2.24, 2.45) is 0 Å². The van der Waals surface area contributed by atoms with Crippen LogP contribution in [0, 0.1) is 6.92 Å². The Bertz CT molecular complexity index is 317. The van der Waals surface area contributed by atoms with Crippen molar-refractivity contribution in [2.75, 3.05) is 37.4 Å². The van der Waals surface area contributed by atoms with E-state index in [-0.39, 0.29) is 0 Å². The second-order valence-corrected chi connectivity index (χ2v) is 3.50. The lowest BCUT2D eigenvalue weighted by molar-refractivity contribution is 0.197. The van der Waals surface area contributed by atoms with Gasteiger partial charge in [0.05, 0.1) is 0 Å². The molecule has 0 atom stereocenters. The van der Waals surface area contributed by atoms with Crippen LogP contribution in [-0.2, 0) is 4.74 Å². The van der Waals surface area contributed by atoms with Gasteiger partial charge in [0.1, 0.15) is 18.0 Å². The fraction of sp³-hybridized carbons (Fsp3) is 0.636. The molecule has 0 aliphatic carbocycles. The predicted octanol–water partition coefficient (Wildman–Crippen LogP) is 1.67. The van der Waals surface area contributed by atoms with Gasteiger partial charge in [0.25, 0.3) is 0 Å². The average Bonchev–Trinajstić information content (AvgIpc) is 2.29. The number of anilines is 2. The number of aromatic nitrogens is 2. The van der Waals surface area contributed by atoms with Gasteiger partial charge in [0.15, 0.2) is 0 Å². The molecule has 90 valence electrons. The predicted molar refractivity (Wildman–Crippen MR) is 65.9 cm³/mol. The van der Waals surface area contributed by atoms with Crippen molar-refractivity contribution in [1.29, 1.82) is 0 Å². The molecular formula is C11H20N4O. The topological polar surface area (TPSA) is 59.1 Å². The minimum Gasteiger partial charge on any atom is -0.385 e. The molecule has 1 rings (SSSR count). The molecule has 0 bridgehead atoms. The van der Waals surface area contributed by atoms with Crippen molar-refractivity contribution in [1.82, 2.24) is 9.97 Å². The summed E-state index contributed by atoms with van der Waals surface area (Å²) in [4.78, 5) is 8.40. The molecule has 0 saturated carbocycles. The first-order valence-electron chi connectivity index (χ1n) is 5.57. The highest BCUT2D eigenvalue weighted by atomic mass is 16.5. The number of methoxy groups -OCH3 is 1. The molecule has 0 aliphatic rings. The Morgan fingerprint density at radius 2 is 1.94 bits per heavy atom. The van der Waals surface area contributed by atoms with E-state index in [2.05, 4.69) is 20.6 Å². The van der Waals surface area contributed by atoms with E-state index in [1.54, 1.807) is 13.4 Å². The maximum atomic E-state index is 4.99. The van der Waals surface area contributed by atoms with E-state index < -0.39 is 0 Å². The highest BCUT2D eigenvalue weighted by molar-refractivity contribution is 5.56. The average molecular weight is 224 g/mol. The Labute approximate surface area is 96.6 Å². The summed E-state index contributed by atoms with van der Waals surface area (Å²) < 4.78 is 4.99. The van der Waals surface area contributed by atoms with E-state index in [0.29, 0.717) is 0 Å². The molecule has 0 aromatic carbocycles. The largest absolute Gasteiger partial charge is 0.385 e. The summed E-state index contributed by atoms with van der Waals surface area (Å²) >= 11 is 0. The van der Waals surface area contributed by atoms with E-state index >= 15 is 0 Å². The lowest BCUT2D eigenvalue weighted by Gasteiger charge is -2.11. The summed E-state index contributed by atoms with van der Waals surface area (Å²) in [5.74, 6) is 1.79. The van der Waals surface area contributed by atoms with E-state index in [0.717, 1.165) is 43.3 Å². The van der Waals surface area contributed by atoms with Crippen LogP contribution in [0.25, 0.3) is 0 Å². The number of nitrogens with one attached hydrogen (secondary N) is 2. The lowest BCUT2D eigenvalue weighted by atomic mass is 10.3. The third-order valence-electron chi connectivity index (χ3n) is 2.25. The third-order valence-corrected chi connectivity index (χ3v) is 2.25. The third kappa shape index (κ3) is 3.66. The molecule has 0 radical (unpaired) electrons. The molecule has 0 aliphatic heterocycles. The van der Waals surface area contributed by atoms with Gasteiger partial charge in [-0.25, -0.2) is 9.97 Å². The van der Waals surface area contributed by atoms with Gasteiger partial charge in [-0.2, -0.15) is 0 Å². The standard InChI is InChI=1S/C11H20N4O/c1-4-12-10-9(2)11(15-8-14-10)13-6-5-7-16-3/h8H,4-7H2,1-3H3,(H2,12,13,14,15). The van der Waals surface area contributed by atoms with Crippen molar-refractivity contribution in [3.63, 3.8) is 0 Å². The van der Waals surface area contributed by atoms with Gasteiger partial charge in [-0.1, -0.05) is 0 Å². The second-order valence-electron chi connectivity index (χ2n) is 3.50. The number of hydrogen-bond acceptors (Lipinski definition) is 5. The number of nitrogens with zero attached hydrogens (tertiary/aromatic N) is 2. The number of rotatable bonds is 7. The highest BCUT2D eigenvalue weighted by Crippen LogP contribution is 2.17. The van der Waals surface area contributed by atoms with Crippen molar-refractivity contribution in [3.8, 4) is 0 Å². The first-order valence-corrected chi connectivity index (χ1v) is 5.57. The van der Waals surface area contributed by atoms with E-state index in [1.807, 2.05) is 13.8 Å². The summed E-state index contributed by atoms with van der Waals surface area (Å²) in [6.07, 6.45) is 2.54. The van der Waals surface area contributed by atoms with Crippen molar-refractivity contribution in [3.05, 3.63) is 11.9 Å². The first-order chi connectivity index (χ1) is 7.79. The van der Waals surface area contributed by atoms with Gasteiger partial charge in [0.2, 0.25) is 0 Å². The van der Waals surface area contributed by atoms with Crippen LogP contribution >= 0.6 is 0 Å². The Hall–Kier alpha value is -1.36. The summed E-state index contributed by atoms with van der Waals surface area (Å²) in [5, 5.41) is 6.48. The normalized spacial score (nSPS) is 10.2. The SMILES string of the molecule is CCNc1ncnc(NCCCOC)c1C. The molecule has 0 unspecified atom stereocenters. The molecule has 0 amide bonds. The molecule has 5 heteroatoms. The van der Waals surface area contributed by atoms with E-state index in [4.69, 9.17) is 4.74 Å². The van der Waals surface area contributed by atoms with Crippen LogP contribution in [0.5, 0.6) is 0 Å². The molecule has 1 heterocycles. The minimum atomic E-state index is 0.761. The summed E-state index contributed by atoms with van der Waals surface area (Å²) in [6.45, 7) is 6.54. The quantitative estimate of drug-likeness (QED) is 0.690. The highest BCUT2D eigenvalue weighted by Gasteiger charge is 2.04. The summed E-state index contributed by atoms with van der Waals surface area (Å²) in [6, 6.07) is 0. The van der Waals surface area contributed by atoms with Crippen LogP contribution in [0.4, 0.5) is 11.6 Å². The molecule has 0 saturated heterocycles. The van der Waals surface area contributed by atoms with Crippen LogP contribution in [0.1, 0.15) is 18.9 Å². The Kier molecular flexibility index (Phi) is 5.56.